The van der Waals surface area contributed by atoms with E-state index in [-0.39, 0.29) is 30.5 Å². The third kappa shape index (κ3) is 7.19. The third-order valence-corrected chi connectivity index (χ3v) is 4.62. The Bertz CT molecular complexity index is 992. The lowest BCUT2D eigenvalue weighted by atomic mass is 10.1. The van der Waals surface area contributed by atoms with Gasteiger partial charge < -0.3 is 19.3 Å². The number of carbonyl (C=O) groups excluding carboxylic acids is 2. The number of aryl methyl sites for hydroxylation is 2. The Morgan fingerprint density at radius 3 is 1.45 bits per heavy atom. The van der Waals surface area contributed by atoms with Crippen LogP contribution in [-0.4, -0.2) is 24.2 Å². The van der Waals surface area contributed by atoms with Crippen LogP contribution in [0, 0.1) is 0 Å². The van der Waals surface area contributed by atoms with Crippen molar-refractivity contribution in [2.24, 2.45) is 0 Å². The van der Waals surface area contributed by atoms with Crippen LogP contribution in [0.5, 0.6) is 23.0 Å². The van der Waals surface area contributed by atoms with Gasteiger partial charge in [-0.15, -0.1) is 0 Å². The van der Waals surface area contributed by atoms with E-state index < -0.39 is 0 Å². The largest absolute Gasteiger partial charge is 0.508 e. The highest BCUT2D eigenvalue weighted by Crippen LogP contribution is 2.20. The van der Waals surface area contributed by atoms with Crippen LogP contribution in [0.25, 0.3) is 0 Å². The second-order valence-corrected chi connectivity index (χ2v) is 6.93. The first-order valence-electron chi connectivity index (χ1n) is 9.94. The van der Waals surface area contributed by atoms with Gasteiger partial charge in [-0.3, -0.25) is 9.59 Å². The predicted octanol–water partition coefficient (Wildman–Crippen LogP) is 4.48. The van der Waals surface area contributed by atoms with Crippen molar-refractivity contribution in [2.45, 2.75) is 25.7 Å². The van der Waals surface area contributed by atoms with Gasteiger partial charge in [0.2, 0.25) is 0 Å². The van der Waals surface area contributed by atoms with Gasteiger partial charge in [0.1, 0.15) is 23.0 Å². The van der Waals surface area contributed by atoms with E-state index in [0.29, 0.717) is 24.3 Å². The Labute approximate surface area is 181 Å². The van der Waals surface area contributed by atoms with Crippen LogP contribution in [0.1, 0.15) is 24.0 Å². The first-order chi connectivity index (χ1) is 15.0. The van der Waals surface area contributed by atoms with E-state index in [9.17, 15) is 14.7 Å². The summed E-state index contributed by atoms with van der Waals surface area (Å²) in [5, 5.41) is 9.28. The van der Waals surface area contributed by atoms with Gasteiger partial charge in [0, 0.05) is 12.8 Å². The molecule has 0 unspecified atom stereocenters. The predicted molar refractivity (Wildman–Crippen MR) is 115 cm³/mol. The number of phenolic OH excluding ortho intramolecular Hbond substituents is 1. The summed E-state index contributed by atoms with van der Waals surface area (Å²) in [7, 11) is 1.61. The maximum Gasteiger partial charge on any atom is 0.311 e. The molecule has 0 saturated carbocycles. The molecule has 0 aliphatic rings. The second-order valence-electron chi connectivity index (χ2n) is 6.93. The topological polar surface area (TPSA) is 82.1 Å². The van der Waals surface area contributed by atoms with Crippen molar-refractivity contribution < 1.29 is 28.9 Å². The average molecular weight is 420 g/mol. The Kier molecular flexibility index (Phi) is 7.65. The zero-order chi connectivity index (χ0) is 22.1. The highest BCUT2D eigenvalue weighted by atomic mass is 16.5. The molecule has 0 bridgehead atoms. The Morgan fingerprint density at radius 1 is 0.645 bits per heavy atom. The molecule has 3 rings (SSSR count). The fourth-order valence-corrected chi connectivity index (χ4v) is 2.89. The molecule has 0 atom stereocenters. The van der Waals surface area contributed by atoms with Crippen molar-refractivity contribution in [3.8, 4) is 23.0 Å². The van der Waals surface area contributed by atoms with Gasteiger partial charge in [-0.2, -0.15) is 0 Å². The Hall–Kier alpha value is -3.80. The fourth-order valence-electron chi connectivity index (χ4n) is 2.89. The van der Waals surface area contributed by atoms with Crippen molar-refractivity contribution in [3.63, 3.8) is 0 Å². The minimum atomic E-state index is -0.364. The van der Waals surface area contributed by atoms with Crippen LogP contribution in [0.3, 0.4) is 0 Å². The molecule has 3 aromatic rings. The van der Waals surface area contributed by atoms with Gasteiger partial charge in [-0.05, 0) is 72.5 Å². The maximum absolute atomic E-state index is 12.1. The molecule has 0 radical (unpaired) electrons. The molecule has 6 heteroatoms. The van der Waals surface area contributed by atoms with Crippen molar-refractivity contribution in [1.82, 2.24) is 0 Å². The lowest BCUT2D eigenvalue weighted by Crippen LogP contribution is -2.10. The summed E-state index contributed by atoms with van der Waals surface area (Å²) in [5.41, 5.74) is 1.96. The van der Waals surface area contributed by atoms with Gasteiger partial charge in [0.05, 0.1) is 7.11 Å². The van der Waals surface area contributed by atoms with Crippen molar-refractivity contribution in [3.05, 3.63) is 83.9 Å². The highest BCUT2D eigenvalue weighted by Gasteiger charge is 2.09. The molecule has 6 nitrogen and oxygen atoms in total. The number of benzene rings is 3. The number of phenols is 1. The van der Waals surface area contributed by atoms with E-state index in [1.54, 1.807) is 55.6 Å². The first kappa shape index (κ1) is 21.9. The monoisotopic (exact) mass is 420 g/mol. The number of carbonyl (C=O) groups is 2. The van der Waals surface area contributed by atoms with E-state index in [2.05, 4.69) is 0 Å². The van der Waals surface area contributed by atoms with Crippen molar-refractivity contribution >= 4 is 11.9 Å². The molecular weight excluding hydrogens is 396 g/mol. The van der Waals surface area contributed by atoms with Crippen LogP contribution < -0.4 is 14.2 Å². The van der Waals surface area contributed by atoms with E-state index >= 15 is 0 Å². The molecule has 0 amide bonds. The zero-order valence-corrected chi connectivity index (χ0v) is 17.2. The number of hydrogen-bond donors (Lipinski definition) is 1. The van der Waals surface area contributed by atoms with E-state index in [4.69, 9.17) is 14.2 Å². The second kappa shape index (κ2) is 10.8. The first-order valence-corrected chi connectivity index (χ1v) is 9.94. The van der Waals surface area contributed by atoms with Gasteiger partial charge in [0.25, 0.3) is 0 Å². The van der Waals surface area contributed by atoms with Crippen LogP contribution in [0.2, 0.25) is 0 Å². The quantitative estimate of drug-likeness (QED) is 0.406. The standard InChI is InChI=1S/C25H24O6/c1-29-21-10-4-19(5-11-21)7-17-25(28)31-23-14-12-22(13-15-23)30-24(27)16-6-18-2-8-20(26)9-3-18/h2-5,8-15,26H,6-7,16-17H2,1H3. The SMILES string of the molecule is COc1ccc(CCC(=O)Oc2ccc(OC(=O)CCc3ccc(O)cc3)cc2)cc1. The minimum absolute atomic E-state index is 0.188. The number of aromatic hydroxyl groups is 1. The van der Waals surface area contributed by atoms with Gasteiger partial charge in [-0.25, -0.2) is 0 Å². The van der Waals surface area contributed by atoms with Crippen LogP contribution in [-0.2, 0) is 22.4 Å². The summed E-state index contributed by atoms with van der Waals surface area (Å²) in [6.45, 7) is 0. The molecule has 0 fully saturated rings. The van der Waals surface area contributed by atoms with E-state index in [1.807, 2.05) is 24.3 Å². The number of esters is 2. The summed E-state index contributed by atoms with van der Waals surface area (Å²) in [4.78, 5) is 24.1. The van der Waals surface area contributed by atoms with Crippen LogP contribution in [0.4, 0.5) is 0 Å². The number of ether oxygens (including phenoxy) is 3. The maximum atomic E-state index is 12.1. The number of rotatable bonds is 9. The molecule has 0 aliphatic carbocycles. The third-order valence-electron chi connectivity index (χ3n) is 4.62. The molecule has 0 aromatic heterocycles. The lowest BCUT2D eigenvalue weighted by molar-refractivity contribution is -0.135. The van der Waals surface area contributed by atoms with Gasteiger partial charge in [0.15, 0.2) is 0 Å². The van der Waals surface area contributed by atoms with E-state index in [1.165, 1.54) is 0 Å². The number of methoxy groups -OCH3 is 1. The van der Waals surface area contributed by atoms with Crippen LogP contribution >= 0.6 is 0 Å². The number of hydrogen-bond acceptors (Lipinski definition) is 6. The lowest BCUT2D eigenvalue weighted by Gasteiger charge is -2.07. The average Bonchev–Trinajstić information content (AvgIpc) is 2.79. The summed E-state index contributed by atoms with van der Waals surface area (Å²) < 4.78 is 15.8. The smallest absolute Gasteiger partial charge is 0.311 e. The van der Waals surface area contributed by atoms with Crippen LogP contribution in [0.15, 0.2) is 72.8 Å². The summed E-state index contributed by atoms with van der Waals surface area (Å²) >= 11 is 0. The van der Waals surface area contributed by atoms with Gasteiger partial charge >= 0.3 is 11.9 Å². The summed E-state index contributed by atoms with van der Waals surface area (Å²) in [6, 6.07) is 20.6. The highest BCUT2D eigenvalue weighted by molar-refractivity contribution is 5.74. The molecule has 31 heavy (non-hydrogen) atoms. The Morgan fingerprint density at radius 2 is 1.03 bits per heavy atom. The molecule has 3 aromatic carbocycles. The van der Waals surface area contributed by atoms with Crippen molar-refractivity contribution in [2.75, 3.05) is 7.11 Å². The molecular formula is C25H24O6. The zero-order valence-electron chi connectivity index (χ0n) is 17.2. The fraction of sp³-hybridized carbons (Fsp3) is 0.200. The normalized spacial score (nSPS) is 10.4. The summed E-state index contributed by atoms with van der Waals surface area (Å²) in [5.74, 6) is 1.03. The molecule has 0 heterocycles. The molecule has 0 spiro atoms. The molecule has 1 N–H and O–H groups in total. The minimum Gasteiger partial charge on any atom is -0.508 e. The summed E-state index contributed by atoms with van der Waals surface area (Å²) in [6.07, 6.45) is 1.55. The van der Waals surface area contributed by atoms with E-state index in [0.717, 1.165) is 16.9 Å². The van der Waals surface area contributed by atoms with Crippen molar-refractivity contribution in [1.29, 1.82) is 0 Å². The Balaban J connectivity index is 1.41. The van der Waals surface area contributed by atoms with Gasteiger partial charge in [-0.1, -0.05) is 24.3 Å². The molecule has 0 aliphatic heterocycles. The molecule has 0 saturated heterocycles. The molecule has 160 valence electrons.